The number of rotatable bonds is 4. The minimum atomic E-state index is -0.646. The lowest BCUT2D eigenvalue weighted by atomic mass is 10.2. The summed E-state index contributed by atoms with van der Waals surface area (Å²) in [4.78, 5) is 23.1. The number of hydrogen-bond donors (Lipinski definition) is 1. The van der Waals surface area contributed by atoms with E-state index in [4.69, 9.17) is 9.94 Å². The highest BCUT2D eigenvalue weighted by atomic mass is 16.6. The van der Waals surface area contributed by atoms with E-state index >= 15 is 0 Å². The highest BCUT2D eigenvalue weighted by Crippen LogP contribution is 2.09. The molecule has 0 atom stereocenters. The van der Waals surface area contributed by atoms with Gasteiger partial charge in [0.2, 0.25) is 0 Å². The zero-order valence-corrected chi connectivity index (χ0v) is 11.9. The molecule has 9 nitrogen and oxygen atoms in total. The lowest BCUT2D eigenvalue weighted by Gasteiger charge is -1.97. The van der Waals surface area contributed by atoms with Crippen LogP contribution in [0, 0.1) is 10.1 Å². The maximum absolute atomic E-state index is 10.2. The summed E-state index contributed by atoms with van der Waals surface area (Å²) < 4.78 is 6.06. The molecule has 0 aliphatic rings. The minimum Gasteiger partial charge on any atom is -0.497 e. The van der Waals surface area contributed by atoms with Crippen molar-refractivity contribution in [2.24, 2.45) is 12.2 Å². The Morgan fingerprint density at radius 1 is 1.41 bits per heavy atom. The number of oxime groups is 1. The molecule has 0 spiro atoms. The van der Waals surface area contributed by atoms with Crippen LogP contribution in [0.4, 0.5) is 5.95 Å². The molecule has 0 bridgehead atoms. The van der Waals surface area contributed by atoms with Crippen molar-refractivity contribution < 1.29 is 19.7 Å². The first kappa shape index (κ1) is 16.8. The number of nitrogens with zero attached hydrogens (tertiary/aromatic N) is 4. The molecular weight excluding hydrogens is 292 g/mol. The molecule has 0 aliphatic heterocycles. The summed E-state index contributed by atoms with van der Waals surface area (Å²) >= 11 is 0. The SMILES string of the molecule is COc1ccc(C=NO)cc1.Cn1c(C=O)cnc1[N+](=O)[O-]. The van der Waals surface area contributed by atoms with Crippen molar-refractivity contribution in [1.29, 1.82) is 0 Å². The molecular formula is C13H14N4O5. The number of hydrogen-bond acceptors (Lipinski definition) is 7. The fourth-order valence-corrected chi connectivity index (χ4v) is 1.45. The van der Waals surface area contributed by atoms with Crippen LogP contribution >= 0.6 is 0 Å². The van der Waals surface area contributed by atoms with Gasteiger partial charge in [-0.3, -0.25) is 4.79 Å². The Morgan fingerprint density at radius 3 is 2.41 bits per heavy atom. The first-order chi connectivity index (χ1) is 10.5. The quantitative estimate of drug-likeness (QED) is 0.301. The molecule has 2 aromatic rings. The lowest BCUT2D eigenvalue weighted by molar-refractivity contribution is -0.396. The zero-order chi connectivity index (χ0) is 16.5. The Kier molecular flexibility index (Phi) is 6.23. The highest BCUT2D eigenvalue weighted by molar-refractivity contribution is 5.79. The van der Waals surface area contributed by atoms with Gasteiger partial charge in [0.15, 0.2) is 12.0 Å². The maximum Gasteiger partial charge on any atom is 0.434 e. The molecule has 2 rings (SSSR count). The van der Waals surface area contributed by atoms with Crippen molar-refractivity contribution >= 4 is 18.4 Å². The number of nitro groups is 1. The average Bonchev–Trinajstić information content (AvgIpc) is 2.90. The molecule has 9 heteroatoms. The van der Waals surface area contributed by atoms with Gasteiger partial charge in [-0.05, 0) is 34.8 Å². The Morgan fingerprint density at radius 2 is 2.05 bits per heavy atom. The van der Waals surface area contributed by atoms with Crippen LogP contribution in [-0.2, 0) is 7.05 Å². The van der Waals surface area contributed by atoms with E-state index in [1.54, 1.807) is 31.4 Å². The second-order valence-corrected chi connectivity index (χ2v) is 3.93. The molecule has 1 aromatic carbocycles. The van der Waals surface area contributed by atoms with Crippen LogP contribution in [0.1, 0.15) is 16.1 Å². The van der Waals surface area contributed by atoms with Crippen LogP contribution in [0.15, 0.2) is 35.6 Å². The molecule has 0 unspecified atom stereocenters. The second-order valence-electron chi connectivity index (χ2n) is 3.93. The molecule has 0 fully saturated rings. The molecule has 0 saturated carbocycles. The van der Waals surface area contributed by atoms with E-state index in [0.29, 0.717) is 6.29 Å². The molecule has 0 radical (unpaired) electrons. The van der Waals surface area contributed by atoms with Gasteiger partial charge in [-0.15, -0.1) is 0 Å². The van der Waals surface area contributed by atoms with Gasteiger partial charge in [-0.1, -0.05) is 10.1 Å². The summed E-state index contributed by atoms with van der Waals surface area (Å²) in [5.41, 5.74) is 1.03. The van der Waals surface area contributed by atoms with Crippen LogP contribution in [0.5, 0.6) is 5.75 Å². The predicted octanol–water partition coefficient (Wildman–Crippen LogP) is 1.64. The Labute approximate surface area is 125 Å². The molecule has 1 aromatic heterocycles. The topological polar surface area (TPSA) is 120 Å². The van der Waals surface area contributed by atoms with E-state index in [9.17, 15) is 14.9 Å². The number of carbonyl (C=O) groups is 1. The van der Waals surface area contributed by atoms with Gasteiger partial charge in [0.25, 0.3) is 0 Å². The van der Waals surface area contributed by atoms with Crippen molar-refractivity contribution in [3.05, 3.63) is 51.8 Å². The van der Waals surface area contributed by atoms with Gasteiger partial charge in [0.05, 0.1) is 20.4 Å². The summed E-state index contributed by atoms with van der Waals surface area (Å²) in [5.74, 6) is 0.465. The van der Waals surface area contributed by atoms with Gasteiger partial charge in [-0.2, -0.15) is 0 Å². The number of aldehydes is 1. The molecule has 1 N–H and O–H groups in total. The fraction of sp³-hybridized carbons (Fsp3) is 0.154. The Hall–Kier alpha value is -3.23. The van der Waals surface area contributed by atoms with Crippen LogP contribution in [0.2, 0.25) is 0 Å². The van der Waals surface area contributed by atoms with Crippen molar-refractivity contribution in [2.75, 3.05) is 7.11 Å². The molecule has 1 heterocycles. The van der Waals surface area contributed by atoms with Gasteiger partial charge in [0, 0.05) is 0 Å². The minimum absolute atomic E-state index is 0.191. The second kappa shape index (κ2) is 8.15. The summed E-state index contributed by atoms with van der Waals surface area (Å²) in [6.45, 7) is 0. The number of carbonyl (C=O) groups excluding carboxylic acids is 1. The third kappa shape index (κ3) is 4.40. The molecule has 0 saturated heterocycles. The summed E-state index contributed by atoms with van der Waals surface area (Å²) in [7, 11) is 3.02. The third-order valence-electron chi connectivity index (χ3n) is 2.61. The lowest BCUT2D eigenvalue weighted by Crippen LogP contribution is -2.00. The predicted molar refractivity (Wildman–Crippen MR) is 77.6 cm³/mol. The third-order valence-corrected chi connectivity index (χ3v) is 2.61. The monoisotopic (exact) mass is 306 g/mol. The van der Waals surface area contributed by atoms with Gasteiger partial charge < -0.3 is 20.1 Å². The molecule has 22 heavy (non-hydrogen) atoms. The van der Waals surface area contributed by atoms with E-state index in [0.717, 1.165) is 22.1 Å². The number of imidazole rings is 1. The zero-order valence-electron chi connectivity index (χ0n) is 11.9. The van der Waals surface area contributed by atoms with Crippen molar-refractivity contribution in [3.8, 4) is 5.75 Å². The van der Waals surface area contributed by atoms with Crippen LogP contribution < -0.4 is 4.74 Å². The van der Waals surface area contributed by atoms with Crippen molar-refractivity contribution in [2.45, 2.75) is 0 Å². The maximum atomic E-state index is 10.2. The van der Waals surface area contributed by atoms with Crippen molar-refractivity contribution in [1.82, 2.24) is 9.55 Å². The van der Waals surface area contributed by atoms with E-state index in [-0.39, 0.29) is 11.6 Å². The number of ether oxygens (including phenoxy) is 1. The summed E-state index contributed by atoms with van der Waals surface area (Å²) in [5, 5.41) is 21.2. The first-order valence-corrected chi connectivity index (χ1v) is 5.96. The number of methoxy groups -OCH3 is 1. The van der Waals surface area contributed by atoms with Crippen LogP contribution in [0.25, 0.3) is 0 Å². The van der Waals surface area contributed by atoms with E-state index in [1.165, 1.54) is 13.3 Å². The first-order valence-electron chi connectivity index (χ1n) is 5.96. The smallest absolute Gasteiger partial charge is 0.434 e. The van der Waals surface area contributed by atoms with E-state index in [2.05, 4.69) is 10.1 Å². The average molecular weight is 306 g/mol. The number of benzene rings is 1. The van der Waals surface area contributed by atoms with E-state index < -0.39 is 4.92 Å². The van der Waals surface area contributed by atoms with Gasteiger partial charge in [-0.25, -0.2) is 4.57 Å². The number of aromatic nitrogens is 2. The highest BCUT2D eigenvalue weighted by Gasteiger charge is 2.15. The van der Waals surface area contributed by atoms with Crippen LogP contribution in [0.3, 0.4) is 0 Å². The van der Waals surface area contributed by atoms with Crippen LogP contribution in [-0.4, -0.2) is 39.3 Å². The van der Waals surface area contributed by atoms with Gasteiger partial charge in [0.1, 0.15) is 11.9 Å². The molecule has 0 aliphatic carbocycles. The van der Waals surface area contributed by atoms with Crippen molar-refractivity contribution in [3.63, 3.8) is 0 Å². The molecule has 0 amide bonds. The largest absolute Gasteiger partial charge is 0.497 e. The fourth-order valence-electron chi connectivity index (χ4n) is 1.45. The summed E-state index contributed by atoms with van der Waals surface area (Å²) in [6.07, 6.45) is 3.03. The van der Waals surface area contributed by atoms with Gasteiger partial charge >= 0.3 is 5.95 Å². The Bertz CT molecular complexity index is 664. The standard InChI is InChI=1S/C8H9NO2.C5H5N3O3/c1-11-8-4-2-7(3-5-8)6-9-10;1-7-4(3-9)2-6-5(7)8(10)11/h2-6,10H,1H3;2-3H,1H3. The normalized spacial score (nSPS) is 9.91. The molecule has 116 valence electrons. The van der Waals surface area contributed by atoms with E-state index in [1.807, 2.05) is 0 Å². The summed E-state index contributed by atoms with van der Waals surface area (Å²) in [6, 6.07) is 7.21. The Balaban J connectivity index is 0.000000220.